The van der Waals surface area contributed by atoms with Crippen molar-refractivity contribution in [3.63, 3.8) is 0 Å². The predicted molar refractivity (Wildman–Crippen MR) is 67.2 cm³/mol. The zero-order valence-corrected chi connectivity index (χ0v) is 11.3. The summed E-state index contributed by atoms with van der Waals surface area (Å²) >= 11 is 12.8. The van der Waals surface area contributed by atoms with Crippen molar-refractivity contribution < 1.29 is 4.79 Å². The zero-order chi connectivity index (χ0) is 12.3. The van der Waals surface area contributed by atoms with E-state index >= 15 is 0 Å². The summed E-state index contributed by atoms with van der Waals surface area (Å²) in [6.45, 7) is 3.94. The molecular weight excluding hydrogens is 265 g/mol. The van der Waals surface area contributed by atoms with E-state index in [4.69, 9.17) is 28.5 Å². The van der Waals surface area contributed by atoms with E-state index in [1.165, 1.54) is 6.07 Å². The Bertz CT molecular complexity index is 434. The first-order valence-corrected chi connectivity index (χ1v) is 6.41. The maximum absolute atomic E-state index is 12.0. The van der Waals surface area contributed by atoms with E-state index in [2.05, 4.69) is 0 Å². The first-order chi connectivity index (χ1) is 7.45. The van der Waals surface area contributed by atoms with Gasteiger partial charge in [0.15, 0.2) is 5.78 Å². The van der Waals surface area contributed by atoms with E-state index in [9.17, 15) is 4.79 Å². The molecule has 86 valence electrons. The lowest BCUT2D eigenvalue weighted by Gasteiger charge is -2.09. The molecule has 16 heavy (non-hydrogen) atoms. The van der Waals surface area contributed by atoms with Crippen LogP contribution >= 0.6 is 34.5 Å². The molecule has 1 aromatic heterocycles. The molecule has 0 aliphatic carbocycles. The third-order valence-electron chi connectivity index (χ3n) is 2.10. The number of halogens is 2. The second kappa shape index (κ2) is 5.67. The van der Waals surface area contributed by atoms with Crippen LogP contribution in [0.3, 0.4) is 0 Å². The highest BCUT2D eigenvalue weighted by Gasteiger charge is 2.24. The zero-order valence-electron chi connectivity index (χ0n) is 8.96. The quantitative estimate of drug-likeness (QED) is 0.763. The van der Waals surface area contributed by atoms with Crippen LogP contribution in [0.5, 0.6) is 0 Å². The summed E-state index contributed by atoms with van der Waals surface area (Å²) in [4.78, 5) is 12.0. The Hall–Kier alpha value is -0.560. The van der Waals surface area contributed by atoms with Crippen molar-refractivity contribution in [3.8, 4) is 6.07 Å². The van der Waals surface area contributed by atoms with Crippen molar-refractivity contribution in [2.45, 2.75) is 20.3 Å². The van der Waals surface area contributed by atoms with E-state index in [0.717, 1.165) is 11.3 Å². The molecule has 1 heterocycles. The van der Waals surface area contributed by atoms with Gasteiger partial charge < -0.3 is 0 Å². The van der Waals surface area contributed by atoms with Gasteiger partial charge in [0.2, 0.25) is 0 Å². The maximum Gasteiger partial charge on any atom is 0.182 e. The number of nitrogens with zero attached hydrogens (tertiary/aromatic N) is 1. The van der Waals surface area contributed by atoms with Gasteiger partial charge >= 0.3 is 0 Å². The molecule has 2 nitrogen and oxygen atoms in total. The van der Waals surface area contributed by atoms with Crippen LogP contribution in [0.4, 0.5) is 0 Å². The van der Waals surface area contributed by atoms with Gasteiger partial charge in [-0.25, -0.2) is 0 Å². The van der Waals surface area contributed by atoms with Crippen molar-refractivity contribution in [2.75, 3.05) is 0 Å². The number of Topliss-reactive ketones (excluding diaryl/α,β-unsaturated/α-hetero) is 1. The highest BCUT2D eigenvalue weighted by Crippen LogP contribution is 2.33. The molecule has 0 amide bonds. The fourth-order valence-electron chi connectivity index (χ4n) is 1.39. The van der Waals surface area contributed by atoms with E-state index in [1.54, 1.807) is 0 Å². The van der Waals surface area contributed by atoms with Crippen LogP contribution in [-0.2, 0) is 0 Å². The lowest BCUT2D eigenvalue weighted by molar-refractivity contribution is 0.0937. The second-order valence-electron chi connectivity index (χ2n) is 3.91. The molecule has 0 N–H and O–H groups in total. The summed E-state index contributed by atoms with van der Waals surface area (Å²) in [7, 11) is 0. The fraction of sp³-hybridized carbons (Fsp3) is 0.455. The van der Waals surface area contributed by atoms with Gasteiger partial charge in [-0.3, -0.25) is 4.79 Å². The fourth-order valence-corrected chi connectivity index (χ4v) is 2.86. The van der Waals surface area contributed by atoms with E-state index in [-0.39, 0.29) is 5.78 Å². The van der Waals surface area contributed by atoms with Crippen molar-refractivity contribution in [1.82, 2.24) is 0 Å². The van der Waals surface area contributed by atoms with E-state index in [1.807, 2.05) is 19.9 Å². The minimum Gasteiger partial charge on any atom is -0.293 e. The Morgan fingerprint density at radius 2 is 2.19 bits per heavy atom. The normalized spacial score (nSPS) is 12.5. The van der Waals surface area contributed by atoms with Crippen LogP contribution in [0.1, 0.15) is 30.6 Å². The summed E-state index contributed by atoms with van der Waals surface area (Å²) in [5.41, 5.74) is 0.365. The number of carbonyl (C=O) groups is 1. The number of hydrogen-bond donors (Lipinski definition) is 0. The highest BCUT2D eigenvalue weighted by atomic mass is 35.5. The molecule has 1 atom stereocenters. The maximum atomic E-state index is 12.0. The van der Waals surface area contributed by atoms with Crippen LogP contribution in [-0.4, -0.2) is 5.78 Å². The summed E-state index contributed by atoms with van der Waals surface area (Å²) < 4.78 is 0.827. The summed E-state index contributed by atoms with van der Waals surface area (Å²) in [5.74, 6) is -0.575. The van der Waals surface area contributed by atoms with Gasteiger partial charge in [0.05, 0.1) is 16.0 Å². The second-order valence-corrected chi connectivity index (χ2v) is 6.20. The average Bonchev–Trinajstić information content (AvgIpc) is 2.53. The Morgan fingerprint density at radius 1 is 1.56 bits per heavy atom. The van der Waals surface area contributed by atoms with Crippen LogP contribution in [0.25, 0.3) is 0 Å². The Morgan fingerprint density at radius 3 is 2.56 bits per heavy atom. The largest absolute Gasteiger partial charge is 0.293 e. The van der Waals surface area contributed by atoms with E-state index in [0.29, 0.717) is 26.6 Å². The molecule has 0 bridgehead atoms. The Balaban J connectivity index is 2.92. The summed E-state index contributed by atoms with van der Waals surface area (Å²) in [6.07, 6.45) is 0.541. The smallest absolute Gasteiger partial charge is 0.182 e. The van der Waals surface area contributed by atoms with Gasteiger partial charge in [-0.05, 0) is 18.4 Å². The molecule has 1 rings (SSSR count). The van der Waals surface area contributed by atoms with Gasteiger partial charge in [0, 0.05) is 0 Å². The van der Waals surface area contributed by atoms with Crippen molar-refractivity contribution in [3.05, 3.63) is 20.3 Å². The average molecular weight is 276 g/mol. The van der Waals surface area contributed by atoms with Crippen molar-refractivity contribution in [1.29, 1.82) is 5.26 Å². The Labute approximate surface area is 109 Å². The van der Waals surface area contributed by atoms with Crippen LogP contribution in [0.15, 0.2) is 6.07 Å². The molecule has 5 heteroatoms. The van der Waals surface area contributed by atoms with Crippen LogP contribution in [0, 0.1) is 23.2 Å². The summed E-state index contributed by atoms with van der Waals surface area (Å²) in [6, 6.07) is 3.55. The van der Waals surface area contributed by atoms with Crippen LogP contribution in [0.2, 0.25) is 8.67 Å². The molecule has 0 saturated heterocycles. The lowest BCUT2D eigenvalue weighted by Crippen LogP contribution is -2.14. The number of thiophene rings is 1. The summed E-state index contributed by atoms with van der Waals surface area (Å²) in [5, 5.41) is 8.96. The van der Waals surface area contributed by atoms with Crippen molar-refractivity contribution >= 4 is 40.3 Å². The number of rotatable bonds is 4. The van der Waals surface area contributed by atoms with Gasteiger partial charge in [-0.15, -0.1) is 11.3 Å². The highest BCUT2D eigenvalue weighted by molar-refractivity contribution is 7.20. The first-order valence-electron chi connectivity index (χ1n) is 4.84. The molecular formula is C11H11Cl2NOS. The molecule has 0 spiro atoms. The third kappa shape index (κ3) is 3.21. The monoisotopic (exact) mass is 275 g/mol. The molecule has 1 aromatic rings. The van der Waals surface area contributed by atoms with Gasteiger partial charge in [0.1, 0.15) is 10.3 Å². The first kappa shape index (κ1) is 13.5. The standard InChI is InChI=1S/C11H11Cl2NOS/c1-6(2)3-7(5-14)10(15)8-4-9(12)16-11(8)13/h4,6-7H,3H2,1-2H3. The van der Waals surface area contributed by atoms with Gasteiger partial charge in [0.25, 0.3) is 0 Å². The lowest BCUT2D eigenvalue weighted by atomic mass is 9.92. The minimum absolute atomic E-state index is 0.232. The van der Waals surface area contributed by atoms with Gasteiger partial charge in [-0.1, -0.05) is 37.0 Å². The minimum atomic E-state index is -0.636. The molecule has 0 fully saturated rings. The number of hydrogen-bond acceptors (Lipinski definition) is 3. The molecule has 0 saturated carbocycles. The number of ketones is 1. The molecule has 0 radical (unpaired) electrons. The topological polar surface area (TPSA) is 40.9 Å². The third-order valence-corrected chi connectivity index (χ3v) is 3.59. The molecule has 0 aliphatic heterocycles. The van der Waals surface area contributed by atoms with E-state index < -0.39 is 5.92 Å². The number of nitriles is 1. The molecule has 1 unspecified atom stereocenters. The number of carbonyl (C=O) groups excluding carboxylic acids is 1. The van der Waals surface area contributed by atoms with Crippen LogP contribution < -0.4 is 0 Å². The van der Waals surface area contributed by atoms with Gasteiger partial charge in [-0.2, -0.15) is 5.26 Å². The predicted octanol–water partition coefficient (Wildman–Crippen LogP) is 4.42. The molecule has 0 aromatic carbocycles. The SMILES string of the molecule is CC(C)CC(C#N)C(=O)c1cc(Cl)sc1Cl. The molecule has 0 aliphatic rings. The Kier molecular flexibility index (Phi) is 4.79. The van der Waals surface area contributed by atoms with Crippen molar-refractivity contribution in [2.24, 2.45) is 11.8 Å².